The smallest absolute Gasteiger partial charge is 1.00 e. The van der Waals surface area contributed by atoms with Crippen LogP contribution in [0.5, 0.6) is 0 Å². The molecular formula is H10AlCaFO3SiSr. The molecule has 0 heterocycles. The summed E-state index contributed by atoms with van der Waals surface area (Å²) < 4.78 is 10.5. The van der Waals surface area contributed by atoms with E-state index in [-0.39, 0.29) is 106 Å². The Labute approximate surface area is 131 Å². The van der Waals surface area contributed by atoms with E-state index >= 15 is 0 Å². The minimum Gasteiger partial charge on any atom is -1.00 e. The molecule has 8 heteroatoms. The number of rotatable bonds is 0. The molecule has 0 aromatic carbocycles. The number of hydrogen-bond acceptors (Lipinski definition) is 3. The zero-order valence-electron chi connectivity index (χ0n) is 7.63. The zero-order chi connectivity index (χ0) is 4.50. The molecule has 0 saturated carbocycles. The quantitative estimate of drug-likeness (QED) is 0.319. The van der Waals surface area contributed by atoms with Gasteiger partial charge < -0.3 is 20.1 Å². The minimum absolute atomic E-state index is 0. The van der Waals surface area contributed by atoms with Gasteiger partial charge in [-0.25, -0.2) is 4.11 Å². The van der Waals surface area contributed by atoms with E-state index in [1.54, 1.807) is 0 Å². The first-order valence-corrected chi connectivity index (χ1v) is 2.58. The Kier molecular flexibility index (Phi) is 29.0. The van der Waals surface area contributed by atoms with Crippen LogP contribution in [0, 0.1) is 0 Å². The molecule has 0 aliphatic rings. The van der Waals surface area contributed by atoms with Crippen LogP contribution >= 0.6 is 0 Å². The molecule has 0 radical (unpaired) electrons. The molecule has 3 nitrogen and oxygen atoms in total. The second-order valence-corrected chi connectivity index (χ2v) is 1.66. The molecule has 0 aromatic rings. The summed E-state index contributed by atoms with van der Waals surface area (Å²) in [5, 5.41) is 0. The van der Waals surface area contributed by atoms with Crippen molar-refractivity contribution in [3.63, 3.8) is 0 Å². The maximum Gasteiger partial charge on any atom is 2.00 e. The van der Waals surface area contributed by atoms with Crippen LogP contribution in [0.3, 0.4) is 0 Å². The Morgan fingerprint density at radius 3 is 1.25 bits per heavy atom. The average molecular weight is 260 g/mol. The Morgan fingerprint density at radius 1 is 1.25 bits per heavy atom. The van der Waals surface area contributed by atoms with Gasteiger partial charge in [-0.05, 0) is 0 Å². The fourth-order valence-electron chi connectivity index (χ4n) is 0. The summed E-state index contributed by atoms with van der Waals surface area (Å²) in [5.41, 5.74) is 0. The SMILES string of the molecule is O[Si](O)(O)F.[AlH3].[Ca+2].[H-].[H-].[H-].[H-].[Sr+2]. The van der Waals surface area contributed by atoms with Gasteiger partial charge in [0.1, 0.15) is 0 Å². The Hall–Kier alpha value is 3.30. The van der Waals surface area contributed by atoms with Crippen LogP contribution in [0.25, 0.3) is 0 Å². The Balaban J connectivity index is -0.00000000381. The first kappa shape index (κ1) is 22.5. The molecule has 0 spiro atoms. The van der Waals surface area contributed by atoms with Crippen molar-refractivity contribution in [3.8, 4) is 0 Å². The molecule has 0 atom stereocenters. The molecular weight excluding hydrogens is 250 g/mol. The van der Waals surface area contributed by atoms with Gasteiger partial charge >= 0.3 is 92.4 Å². The van der Waals surface area contributed by atoms with E-state index in [4.69, 9.17) is 14.4 Å². The molecule has 0 aliphatic heterocycles. The normalized spacial score (nSPS) is 7.50. The molecule has 0 bridgehead atoms. The maximum absolute atomic E-state index is 10.5. The monoisotopic (exact) mass is 260 g/mol. The predicted molar refractivity (Wildman–Crippen MR) is 39.4 cm³/mol. The summed E-state index contributed by atoms with van der Waals surface area (Å²) in [6.07, 6.45) is 0. The molecule has 0 saturated heterocycles. The number of hydrogen-bond donors (Lipinski definition) is 3. The largest absolute Gasteiger partial charge is 2.00 e. The van der Waals surface area contributed by atoms with E-state index < -0.39 is 9.14 Å². The molecule has 8 heavy (non-hydrogen) atoms. The van der Waals surface area contributed by atoms with Crippen LogP contribution in [0.1, 0.15) is 5.71 Å². The third-order valence-corrected chi connectivity index (χ3v) is 0. The molecule has 0 unspecified atom stereocenters. The molecule has 0 aliphatic carbocycles. The summed E-state index contributed by atoms with van der Waals surface area (Å²) in [5.74, 6) is 0. The summed E-state index contributed by atoms with van der Waals surface area (Å²) >= 11 is 0. The van der Waals surface area contributed by atoms with E-state index in [2.05, 4.69) is 0 Å². The van der Waals surface area contributed by atoms with Crippen LogP contribution in [0.15, 0.2) is 0 Å². The van der Waals surface area contributed by atoms with Crippen molar-refractivity contribution in [1.29, 1.82) is 0 Å². The molecule has 0 aromatic heterocycles. The fourth-order valence-corrected chi connectivity index (χ4v) is 0. The average Bonchev–Trinajstić information content (AvgIpc) is 0.722. The van der Waals surface area contributed by atoms with Crippen LogP contribution < -0.4 is 0 Å². The first-order chi connectivity index (χ1) is 2.00. The molecule has 0 rings (SSSR count). The predicted octanol–water partition coefficient (Wildman–Crippen LogP) is -3.13. The molecule has 3 N–H and O–H groups in total. The third-order valence-electron chi connectivity index (χ3n) is 0. The van der Waals surface area contributed by atoms with Crippen molar-refractivity contribution in [2.45, 2.75) is 0 Å². The zero-order valence-corrected chi connectivity index (χ0v) is 10.3. The van der Waals surface area contributed by atoms with Crippen molar-refractivity contribution >= 4 is 110 Å². The van der Waals surface area contributed by atoms with Crippen LogP contribution in [0.4, 0.5) is 4.11 Å². The second kappa shape index (κ2) is 10.3. The summed E-state index contributed by atoms with van der Waals surface area (Å²) in [7, 11) is -5.11. The van der Waals surface area contributed by atoms with Crippen molar-refractivity contribution in [2.24, 2.45) is 0 Å². The summed E-state index contributed by atoms with van der Waals surface area (Å²) in [6, 6.07) is 0. The van der Waals surface area contributed by atoms with E-state index in [1.807, 2.05) is 0 Å². The van der Waals surface area contributed by atoms with Gasteiger partial charge in [-0.3, -0.25) is 0 Å². The van der Waals surface area contributed by atoms with E-state index in [1.165, 1.54) is 0 Å². The van der Waals surface area contributed by atoms with E-state index in [9.17, 15) is 4.11 Å². The third kappa shape index (κ3) is 58.8. The van der Waals surface area contributed by atoms with Crippen molar-refractivity contribution < 1.29 is 24.2 Å². The van der Waals surface area contributed by atoms with Gasteiger partial charge in [0.05, 0.1) is 0 Å². The van der Waals surface area contributed by atoms with Gasteiger partial charge in [0.2, 0.25) is 0 Å². The van der Waals surface area contributed by atoms with Gasteiger partial charge in [-0.1, -0.05) is 0 Å². The van der Waals surface area contributed by atoms with Crippen molar-refractivity contribution in [1.82, 2.24) is 0 Å². The van der Waals surface area contributed by atoms with Crippen LogP contribution in [0.2, 0.25) is 0 Å². The maximum atomic E-state index is 10.5. The van der Waals surface area contributed by atoms with Crippen molar-refractivity contribution in [3.05, 3.63) is 0 Å². The topological polar surface area (TPSA) is 60.7 Å². The van der Waals surface area contributed by atoms with Crippen LogP contribution in [-0.4, -0.2) is 124 Å². The molecule has 46 valence electrons. The van der Waals surface area contributed by atoms with Crippen molar-refractivity contribution in [2.75, 3.05) is 0 Å². The molecule has 0 amide bonds. The Bertz CT molecular complexity index is 45.8. The fraction of sp³-hybridized carbons (Fsp3) is 0. The van der Waals surface area contributed by atoms with Gasteiger partial charge in [-0.2, -0.15) is 0 Å². The van der Waals surface area contributed by atoms with Gasteiger partial charge in [0, 0.05) is 0 Å². The van der Waals surface area contributed by atoms with Crippen LogP contribution in [-0.2, 0) is 0 Å². The standard InChI is InChI=1S/Al.Ca.FH3O3Si.Sr.7H/c;;1-5(2,3)4;;;;;;;;/h;;2-4H;;;;;;;;/q;+2;;+2;;;;4*-1. The minimum atomic E-state index is -5.11. The van der Waals surface area contributed by atoms with Gasteiger partial charge in [0.25, 0.3) is 0 Å². The van der Waals surface area contributed by atoms with E-state index in [0.717, 1.165) is 0 Å². The molecule has 0 fully saturated rings. The first-order valence-electron chi connectivity index (χ1n) is 0.860. The summed E-state index contributed by atoms with van der Waals surface area (Å²) in [4.78, 5) is 21.3. The second-order valence-electron chi connectivity index (χ2n) is 0.554. The summed E-state index contributed by atoms with van der Waals surface area (Å²) in [6.45, 7) is 0. The number of halogens is 1. The Morgan fingerprint density at radius 2 is 1.25 bits per heavy atom. The van der Waals surface area contributed by atoms with Gasteiger partial charge in [0.15, 0.2) is 17.4 Å². The van der Waals surface area contributed by atoms with E-state index in [0.29, 0.717) is 0 Å². The van der Waals surface area contributed by atoms with Gasteiger partial charge in [-0.15, -0.1) is 0 Å².